The lowest BCUT2D eigenvalue weighted by molar-refractivity contribution is 0.877. The van der Waals surface area contributed by atoms with Crippen LogP contribution in [-0.4, -0.2) is 55.9 Å². The Morgan fingerprint density at radius 3 is 1.21 bits per heavy atom. The monoisotopic (exact) mass is 826 g/mol. The highest BCUT2D eigenvalue weighted by atomic mass is 28.3. The van der Waals surface area contributed by atoms with E-state index in [0.29, 0.717) is 29.3 Å². The van der Waals surface area contributed by atoms with Crippen molar-refractivity contribution >= 4 is 84.6 Å². The molecule has 11 heteroatoms. The quantitative estimate of drug-likeness (QED) is 0.120. The Morgan fingerprint density at radius 1 is 0.349 bits per heavy atom. The number of para-hydroxylation sites is 8. The van der Waals surface area contributed by atoms with Gasteiger partial charge < -0.3 is 0 Å². The van der Waals surface area contributed by atoms with Crippen LogP contribution in [0.2, 0.25) is 0 Å². The van der Waals surface area contributed by atoms with Crippen LogP contribution in [0.5, 0.6) is 0 Å². The molecule has 0 bridgehead atoms. The van der Waals surface area contributed by atoms with Gasteiger partial charge in [-0.3, -0.25) is 13.8 Å². The van der Waals surface area contributed by atoms with E-state index >= 15 is 0 Å². The molecule has 0 fully saturated rings. The van der Waals surface area contributed by atoms with Crippen molar-refractivity contribution in [3.63, 3.8) is 0 Å². The van der Waals surface area contributed by atoms with Crippen molar-refractivity contribution in [1.29, 1.82) is 0 Å². The highest BCUT2D eigenvalue weighted by Gasteiger charge is 2.43. The largest absolute Gasteiger partial charge is 0.276 e. The number of hydrogen-bond acceptors (Lipinski definition) is 6. The van der Waals surface area contributed by atoms with Gasteiger partial charge in [0.15, 0.2) is 5.82 Å². The van der Waals surface area contributed by atoms with E-state index < -0.39 is 8.07 Å². The van der Waals surface area contributed by atoms with Gasteiger partial charge >= 0.3 is 0 Å². The van der Waals surface area contributed by atoms with E-state index in [1.807, 2.05) is 69.9 Å². The molecule has 0 saturated carbocycles. The molecule has 63 heavy (non-hydrogen) atoms. The number of pyridine rings is 1. The van der Waals surface area contributed by atoms with Crippen LogP contribution in [0, 0.1) is 0 Å². The zero-order valence-electron chi connectivity index (χ0n) is 33.6. The number of imidazole rings is 4. The summed E-state index contributed by atoms with van der Waals surface area (Å²) in [5.74, 6) is 2.76. The van der Waals surface area contributed by atoms with Gasteiger partial charge in [-0.05, 0) is 76.2 Å². The molecule has 0 amide bonds. The molecule has 13 rings (SSSR count). The second kappa shape index (κ2) is 13.7. The maximum atomic E-state index is 5.41. The van der Waals surface area contributed by atoms with Gasteiger partial charge in [-0.2, -0.15) is 15.0 Å². The summed E-state index contributed by atoms with van der Waals surface area (Å²) in [5.41, 5.74) is 8.40. The van der Waals surface area contributed by atoms with Gasteiger partial charge in [-0.15, -0.1) is 0 Å². The first-order chi connectivity index (χ1) is 31.3. The number of aromatic nitrogens is 10. The number of nitrogens with zero attached hydrogens (tertiary/aromatic N) is 10. The van der Waals surface area contributed by atoms with Crippen molar-refractivity contribution in [1.82, 2.24) is 47.8 Å². The first-order valence-corrected chi connectivity index (χ1v) is 22.9. The Morgan fingerprint density at radius 2 is 0.746 bits per heavy atom. The van der Waals surface area contributed by atoms with Gasteiger partial charge in [0.25, 0.3) is 0 Å². The average molecular weight is 827 g/mol. The third-order valence-electron chi connectivity index (χ3n) is 12.2. The summed E-state index contributed by atoms with van der Waals surface area (Å²) >= 11 is 0. The first-order valence-electron chi connectivity index (χ1n) is 20.9. The van der Waals surface area contributed by atoms with Crippen LogP contribution in [0.3, 0.4) is 0 Å². The van der Waals surface area contributed by atoms with Gasteiger partial charge in [0.05, 0.1) is 44.1 Å². The molecule has 0 aliphatic carbocycles. The lowest BCUT2D eigenvalue weighted by Crippen LogP contribution is -2.75. The molecule has 13 aromatic rings. The second-order valence-electron chi connectivity index (χ2n) is 15.7. The van der Waals surface area contributed by atoms with Gasteiger partial charge in [-0.25, -0.2) is 19.1 Å². The number of fused-ring (bicyclic) bond motifs is 10. The Bertz CT molecular complexity index is 3610. The summed E-state index contributed by atoms with van der Waals surface area (Å²) in [5, 5.41) is 4.64. The van der Waals surface area contributed by atoms with Crippen LogP contribution in [0.25, 0.3) is 79.0 Å². The molecule has 0 spiro atoms. The van der Waals surface area contributed by atoms with Crippen molar-refractivity contribution in [3.05, 3.63) is 206 Å². The zero-order valence-corrected chi connectivity index (χ0v) is 34.6. The third kappa shape index (κ3) is 5.17. The van der Waals surface area contributed by atoms with Gasteiger partial charge in [0, 0.05) is 17.1 Å². The molecule has 0 unspecified atom stereocenters. The SMILES string of the molecule is c1ccc([Si](c2ccccc2)(c2ccccc2)c2cc(-c3nc(-n4c5ccccc5n5c6ccccc6nc45)nc(-n4c5ccccc5n5c6ccccc6nc45)n3)ccn2)cc1. The number of benzene rings is 7. The highest BCUT2D eigenvalue weighted by molar-refractivity contribution is 7.19. The smallest absolute Gasteiger partial charge is 0.242 e. The summed E-state index contributed by atoms with van der Waals surface area (Å²) < 4.78 is 8.47. The fourth-order valence-electron chi connectivity index (χ4n) is 9.56. The number of rotatable bonds is 7. The fraction of sp³-hybridized carbons (Fsp3) is 0. The van der Waals surface area contributed by atoms with Crippen LogP contribution < -0.4 is 20.9 Å². The van der Waals surface area contributed by atoms with Crippen molar-refractivity contribution < 1.29 is 0 Å². The van der Waals surface area contributed by atoms with Crippen LogP contribution >= 0.6 is 0 Å². The normalized spacial score (nSPS) is 12.1. The highest BCUT2D eigenvalue weighted by Crippen LogP contribution is 2.32. The molecular weight excluding hydrogens is 793 g/mol. The minimum absolute atomic E-state index is 0.430. The minimum Gasteiger partial charge on any atom is -0.276 e. The molecule has 6 aromatic heterocycles. The van der Waals surface area contributed by atoms with E-state index in [1.54, 1.807) is 0 Å². The van der Waals surface area contributed by atoms with E-state index in [-0.39, 0.29) is 0 Å². The maximum Gasteiger partial charge on any atom is 0.242 e. The first kappa shape index (κ1) is 35.2. The molecule has 296 valence electrons. The standard InChI is InChI=1S/C52H34N10Si/c1-4-18-36(19-5-1)63(37-20-6-2-7-21-37,38-22-8-3-9-23-38)47-34-35(32-33-53-47)48-56-49(61-45-30-16-14-28-43(45)59-41-26-12-10-24-39(41)54-51(59)61)58-50(57-48)62-46-31-17-15-29-44(46)60-42-27-13-11-25-40(42)55-52(60)62/h1-34H. The predicted molar refractivity (Wildman–Crippen MR) is 253 cm³/mol. The maximum absolute atomic E-state index is 5.41. The molecule has 7 aromatic carbocycles. The van der Waals surface area contributed by atoms with Crippen LogP contribution in [0.1, 0.15) is 0 Å². The molecule has 10 nitrogen and oxygen atoms in total. The molecule has 0 aliphatic rings. The summed E-state index contributed by atoms with van der Waals surface area (Å²) in [6.07, 6.45) is 1.90. The van der Waals surface area contributed by atoms with Crippen LogP contribution in [0.15, 0.2) is 206 Å². The Kier molecular flexibility index (Phi) is 7.69. The van der Waals surface area contributed by atoms with Gasteiger partial charge in [-0.1, -0.05) is 140 Å². The molecule has 0 atom stereocenters. The number of hydrogen-bond donors (Lipinski definition) is 0. The van der Waals surface area contributed by atoms with Gasteiger partial charge in [0.1, 0.15) is 0 Å². The van der Waals surface area contributed by atoms with Crippen molar-refractivity contribution in [3.8, 4) is 23.3 Å². The fourth-order valence-corrected chi connectivity index (χ4v) is 14.2. The third-order valence-corrected chi connectivity index (χ3v) is 16.9. The minimum atomic E-state index is -3.00. The summed E-state index contributed by atoms with van der Waals surface area (Å²) in [6, 6.07) is 69.6. The Labute approximate surface area is 360 Å². The molecular formula is C52H34N10Si. The van der Waals surface area contributed by atoms with Gasteiger partial charge in [0.2, 0.25) is 31.5 Å². The van der Waals surface area contributed by atoms with Crippen LogP contribution in [0.4, 0.5) is 0 Å². The summed E-state index contributed by atoms with van der Waals surface area (Å²) in [6.45, 7) is 0. The van der Waals surface area contributed by atoms with E-state index in [1.165, 1.54) is 15.6 Å². The Hall–Kier alpha value is -8.54. The Balaban J connectivity index is 1.13. The van der Waals surface area contributed by atoms with Crippen LogP contribution in [-0.2, 0) is 0 Å². The summed E-state index contributed by atoms with van der Waals surface area (Å²) in [7, 11) is -3.00. The van der Waals surface area contributed by atoms with E-state index in [2.05, 4.69) is 154 Å². The molecule has 0 saturated heterocycles. The van der Waals surface area contributed by atoms with Crippen molar-refractivity contribution in [2.45, 2.75) is 0 Å². The predicted octanol–water partition coefficient (Wildman–Crippen LogP) is 7.80. The lowest BCUT2D eigenvalue weighted by Gasteiger charge is -2.33. The molecule has 0 N–H and O–H groups in total. The van der Waals surface area contributed by atoms with Crippen molar-refractivity contribution in [2.24, 2.45) is 0 Å². The van der Waals surface area contributed by atoms with E-state index in [0.717, 1.165) is 55.0 Å². The van der Waals surface area contributed by atoms with E-state index in [9.17, 15) is 0 Å². The molecule has 0 aliphatic heterocycles. The summed E-state index contributed by atoms with van der Waals surface area (Å²) in [4.78, 5) is 31.9. The molecule has 0 radical (unpaired) electrons. The average Bonchev–Trinajstić information content (AvgIpc) is 4.09. The lowest BCUT2D eigenvalue weighted by atomic mass is 10.2. The van der Waals surface area contributed by atoms with Crippen molar-refractivity contribution in [2.75, 3.05) is 0 Å². The second-order valence-corrected chi connectivity index (χ2v) is 19.4. The molecule has 6 heterocycles. The zero-order chi connectivity index (χ0) is 41.5. The topological polar surface area (TPSA) is 96.0 Å². The van der Waals surface area contributed by atoms with E-state index in [4.69, 9.17) is 29.9 Å².